The highest BCUT2D eigenvalue weighted by Crippen LogP contribution is 2.38. The van der Waals surface area contributed by atoms with Crippen LogP contribution in [0.25, 0.3) is 26.6 Å². The predicted molar refractivity (Wildman–Crippen MR) is 138 cm³/mol. The molecule has 0 atom stereocenters. The summed E-state index contributed by atoms with van der Waals surface area (Å²) in [7, 11) is 1.51. The van der Waals surface area contributed by atoms with E-state index in [1.54, 1.807) is 19.1 Å². The van der Waals surface area contributed by atoms with Crippen molar-refractivity contribution in [3.8, 4) is 16.4 Å². The second kappa shape index (κ2) is 9.47. The number of pyridine rings is 1. The lowest BCUT2D eigenvalue weighted by Crippen LogP contribution is -2.22. The number of thiazole rings is 1. The first-order chi connectivity index (χ1) is 18.4. The number of halogens is 3. The minimum absolute atomic E-state index is 0.0238. The molecule has 0 spiro atoms. The first-order valence-electron chi connectivity index (χ1n) is 11.2. The van der Waals surface area contributed by atoms with Crippen LogP contribution < -0.4 is 16.7 Å². The van der Waals surface area contributed by atoms with Crippen molar-refractivity contribution in [2.45, 2.75) is 13.1 Å². The standard InChI is InChI=1S/C25H18F3N7O3S/c1-12-33-34(2)24(38)35(12)19-7-6-14(11-30-19)23-32-18-10-15(25(26,27)28)9-17(20(18)39-23)22(37)31-16-5-3-4-13(8-16)21(29)36/h3-11H,1-2H3,(H2,29,36)(H,31,37). The van der Waals surface area contributed by atoms with Gasteiger partial charge in [0, 0.05) is 30.1 Å². The molecule has 0 unspecified atom stereocenters. The summed E-state index contributed by atoms with van der Waals surface area (Å²) in [4.78, 5) is 45.6. The van der Waals surface area contributed by atoms with Gasteiger partial charge in [-0.05, 0) is 49.4 Å². The van der Waals surface area contributed by atoms with Gasteiger partial charge in [0.05, 0.1) is 21.3 Å². The van der Waals surface area contributed by atoms with Gasteiger partial charge in [-0.1, -0.05) is 6.07 Å². The summed E-state index contributed by atoms with van der Waals surface area (Å²) in [5.74, 6) is -0.793. The zero-order valence-corrected chi connectivity index (χ0v) is 21.1. The SMILES string of the molecule is Cc1nn(C)c(=O)n1-c1ccc(-c2nc3cc(C(F)(F)F)cc(C(=O)Nc4cccc(C(N)=O)c4)c3s2)cn1. The van der Waals surface area contributed by atoms with Gasteiger partial charge in [-0.2, -0.15) is 18.3 Å². The number of aromatic nitrogens is 5. The molecular formula is C25H18F3N7O3S. The second-order valence-electron chi connectivity index (χ2n) is 8.48. The molecule has 0 saturated heterocycles. The van der Waals surface area contributed by atoms with Gasteiger partial charge in [-0.3, -0.25) is 9.59 Å². The van der Waals surface area contributed by atoms with Crippen LogP contribution in [0.3, 0.4) is 0 Å². The zero-order valence-electron chi connectivity index (χ0n) is 20.3. The molecule has 2 amide bonds. The van der Waals surface area contributed by atoms with Gasteiger partial charge in [-0.25, -0.2) is 24.0 Å². The number of carbonyl (C=O) groups excluding carboxylic acids is 2. The van der Waals surface area contributed by atoms with Crippen LogP contribution in [-0.4, -0.2) is 36.1 Å². The summed E-state index contributed by atoms with van der Waals surface area (Å²) in [6.07, 6.45) is -3.29. The van der Waals surface area contributed by atoms with E-state index in [1.165, 1.54) is 46.8 Å². The molecular weight excluding hydrogens is 535 g/mol. The number of nitrogens with two attached hydrogens (primary N) is 1. The summed E-state index contributed by atoms with van der Waals surface area (Å²) in [5.41, 5.74) is 4.37. The second-order valence-corrected chi connectivity index (χ2v) is 9.48. The number of benzene rings is 2. The third-order valence-corrected chi connectivity index (χ3v) is 6.93. The van der Waals surface area contributed by atoms with Crippen molar-refractivity contribution < 1.29 is 22.8 Å². The first-order valence-corrected chi connectivity index (χ1v) is 12.1. The lowest BCUT2D eigenvalue weighted by Gasteiger charge is -2.11. The molecule has 2 aromatic carbocycles. The molecule has 0 radical (unpaired) electrons. The first kappa shape index (κ1) is 25.8. The van der Waals surface area contributed by atoms with Crippen LogP contribution in [0.4, 0.5) is 18.9 Å². The van der Waals surface area contributed by atoms with Gasteiger partial charge >= 0.3 is 11.9 Å². The summed E-state index contributed by atoms with van der Waals surface area (Å²) in [6, 6.07) is 10.6. The Hall–Kier alpha value is -4.85. The number of anilines is 1. The monoisotopic (exact) mass is 553 g/mol. The quantitative estimate of drug-likeness (QED) is 0.338. The fourth-order valence-corrected chi connectivity index (χ4v) is 4.98. The zero-order chi connectivity index (χ0) is 28.1. The molecule has 3 aromatic heterocycles. The Morgan fingerprint density at radius 3 is 2.49 bits per heavy atom. The van der Waals surface area contributed by atoms with E-state index in [9.17, 15) is 27.6 Å². The highest BCUT2D eigenvalue weighted by atomic mass is 32.1. The van der Waals surface area contributed by atoms with Gasteiger partial charge in [-0.15, -0.1) is 11.3 Å². The number of hydrogen-bond acceptors (Lipinski definition) is 7. The fraction of sp³-hybridized carbons (Fsp3) is 0.120. The van der Waals surface area contributed by atoms with E-state index in [4.69, 9.17) is 5.73 Å². The number of primary amides is 1. The minimum atomic E-state index is -4.73. The molecule has 0 bridgehead atoms. The molecule has 0 aliphatic rings. The van der Waals surface area contributed by atoms with Crippen LogP contribution in [0.5, 0.6) is 0 Å². The molecule has 5 rings (SSSR count). The Bertz CT molecular complexity index is 1820. The number of hydrogen-bond donors (Lipinski definition) is 2. The topological polar surface area (TPSA) is 138 Å². The molecule has 5 aromatic rings. The van der Waals surface area contributed by atoms with Crippen molar-refractivity contribution >= 4 is 39.1 Å². The number of nitrogens with zero attached hydrogens (tertiary/aromatic N) is 5. The Balaban J connectivity index is 1.56. The van der Waals surface area contributed by atoms with Crippen molar-refractivity contribution in [1.82, 2.24) is 24.3 Å². The smallest absolute Gasteiger partial charge is 0.366 e. The highest BCUT2D eigenvalue weighted by molar-refractivity contribution is 7.22. The van der Waals surface area contributed by atoms with E-state index in [1.807, 2.05) is 0 Å². The molecule has 10 nitrogen and oxygen atoms in total. The maximum atomic E-state index is 13.7. The molecule has 0 aliphatic heterocycles. The lowest BCUT2D eigenvalue weighted by atomic mass is 10.1. The summed E-state index contributed by atoms with van der Waals surface area (Å²) in [5, 5.41) is 6.90. The van der Waals surface area contributed by atoms with Crippen LogP contribution in [0.15, 0.2) is 59.5 Å². The largest absolute Gasteiger partial charge is 0.416 e. The van der Waals surface area contributed by atoms with E-state index in [0.717, 1.165) is 23.5 Å². The highest BCUT2D eigenvalue weighted by Gasteiger charge is 2.33. The van der Waals surface area contributed by atoms with Crippen molar-refractivity contribution in [3.05, 3.63) is 87.7 Å². The summed E-state index contributed by atoms with van der Waals surface area (Å²) < 4.78 is 43.7. The molecule has 198 valence electrons. The van der Waals surface area contributed by atoms with Gasteiger partial charge in [0.15, 0.2) is 0 Å². The molecule has 3 heterocycles. The fourth-order valence-electron chi connectivity index (χ4n) is 3.93. The average molecular weight is 554 g/mol. The van der Waals surface area contributed by atoms with Crippen LogP contribution in [0.2, 0.25) is 0 Å². The number of carbonyl (C=O) groups is 2. The number of rotatable bonds is 5. The molecule has 0 aliphatic carbocycles. The molecule has 0 fully saturated rings. The Morgan fingerprint density at radius 1 is 1.10 bits per heavy atom. The lowest BCUT2D eigenvalue weighted by molar-refractivity contribution is -0.137. The Labute approximate surface area is 221 Å². The van der Waals surface area contributed by atoms with Crippen LogP contribution in [-0.2, 0) is 13.2 Å². The number of alkyl halides is 3. The van der Waals surface area contributed by atoms with E-state index in [2.05, 4.69) is 20.4 Å². The normalized spacial score (nSPS) is 11.6. The molecule has 0 saturated carbocycles. The van der Waals surface area contributed by atoms with Crippen LogP contribution >= 0.6 is 11.3 Å². The minimum Gasteiger partial charge on any atom is -0.366 e. The number of amides is 2. The van der Waals surface area contributed by atoms with Gasteiger partial charge < -0.3 is 11.1 Å². The average Bonchev–Trinajstić information content (AvgIpc) is 3.43. The summed E-state index contributed by atoms with van der Waals surface area (Å²) in [6.45, 7) is 1.65. The van der Waals surface area contributed by atoms with Crippen molar-refractivity contribution in [2.75, 3.05) is 5.32 Å². The maximum Gasteiger partial charge on any atom is 0.416 e. The predicted octanol–water partition coefficient (Wildman–Crippen LogP) is 3.92. The summed E-state index contributed by atoms with van der Waals surface area (Å²) >= 11 is 1.02. The van der Waals surface area contributed by atoms with Crippen molar-refractivity contribution in [1.29, 1.82) is 0 Å². The van der Waals surface area contributed by atoms with Gasteiger partial charge in [0.2, 0.25) is 5.91 Å². The molecule has 3 N–H and O–H groups in total. The third kappa shape index (κ3) is 4.88. The van der Waals surface area contributed by atoms with E-state index in [-0.39, 0.29) is 32.7 Å². The maximum absolute atomic E-state index is 13.7. The number of nitrogens with one attached hydrogen (secondary N) is 1. The van der Waals surface area contributed by atoms with Crippen LogP contribution in [0, 0.1) is 6.92 Å². The van der Waals surface area contributed by atoms with E-state index >= 15 is 0 Å². The molecule has 39 heavy (non-hydrogen) atoms. The van der Waals surface area contributed by atoms with Crippen molar-refractivity contribution in [2.24, 2.45) is 12.8 Å². The van der Waals surface area contributed by atoms with Crippen LogP contribution in [0.1, 0.15) is 32.1 Å². The number of aryl methyl sites for hydroxylation is 2. The van der Waals surface area contributed by atoms with E-state index in [0.29, 0.717) is 22.2 Å². The van der Waals surface area contributed by atoms with Crippen molar-refractivity contribution in [3.63, 3.8) is 0 Å². The van der Waals surface area contributed by atoms with Gasteiger partial charge in [0.1, 0.15) is 16.6 Å². The number of fused-ring (bicyclic) bond motifs is 1. The Morgan fingerprint density at radius 2 is 1.87 bits per heavy atom. The molecule has 14 heteroatoms. The third-order valence-electron chi connectivity index (χ3n) is 5.78. The van der Waals surface area contributed by atoms with Gasteiger partial charge in [0.25, 0.3) is 5.91 Å². The van der Waals surface area contributed by atoms with E-state index < -0.39 is 23.6 Å². The Kier molecular flexibility index (Phi) is 6.26.